The molecular weight excluding hydrogens is 404 g/mol. The van der Waals surface area contributed by atoms with Gasteiger partial charge in [-0.2, -0.15) is 0 Å². The molecule has 2 N–H and O–H groups in total. The van der Waals surface area contributed by atoms with E-state index in [1.54, 1.807) is 24.3 Å². The zero-order valence-corrected chi connectivity index (χ0v) is 16.9. The zero-order valence-electron chi connectivity index (χ0n) is 16.9. The molecule has 2 aliphatic rings. The number of aliphatic hydroxyl groups excluding tert-OH is 1. The molecule has 31 heavy (non-hydrogen) atoms. The molecule has 1 aliphatic carbocycles. The molecule has 6 nitrogen and oxygen atoms in total. The number of nitrogens with zero attached hydrogens (tertiary/aromatic N) is 2. The number of carbonyl (C=O) groups excluding carboxylic acids is 2. The number of amides is 2. The topological polar surface area (TPSA) is 82.0 Å². The Morgan fingerprint density at radius 2 is 1.71 bits per heavy atom. The number of hydrogen-bond donors (Lipinski definition) is 2. The Kier molecular flexibility index (Phi) is 5.82. The number of hydrogen-bond acceptors (Lipinski definition) is 4. The molecular formula is C23H23F2N3O3. The van der Waals surface area contributed by atoms with Gasteiger partial charge < -0.3 is 15.3 Å². The van der Waals surface area contributed by atoms with E-state index in [1.807, 2.05) is 0 Å². The predicted octanol–water partition coefficient (Wildman–Crippen LogP) is 3.39. The van der Waals surface area contributed by atoms with Crippen molar-refractivity contribution in [2.24, 2.45) is 4.99 Å². The molecule has 2 amide bonds. The van der Waals surface area contributed by atoms with Crippen LogP contribution in [0.2, 0.25) is 0 Å². The van der Waals surface area contributed by atoms with Crippen LogP contribution in [0.3, 0.4) is 0 Å². The van der Waals surface area contributed by atoms with Gasteiger partial charge in [0.2, 0.25) is 5.91 Å². The van der Waals surface area contributed by atoms with Crippen LogP contribution in [0.1, 0.15) is 43.2 Å². The molecule has 0 aromatic heterocycles. The molecule has 0 saturated heterocycles. The fourth-order valence-corrected chi connectivity index (χ4v) is 4.28. The van der Waals surface area contributed by atoms with Crippen LogP contribution in [0.4, 0.5) is 14.5 Å². The van der Waals surface area contributed by atoms with Crippen molar-refractivity contribution in [2.75, 3.05) is 11.9 Å². The quantitative estimate of drug-likeness (QED) is 0.768. The predicted molar refractivity (Wildman–Crippen MR) is 111 cm³/mol. The molecule has 1 spiro atoms. The summed E-state index contributed by atoms with van der Waals surface area (Å²) in [5.41, 5.74) is 0.844. The normalized spacial score (nSPS) is 17.7. The van der Waals surface area contributed by atoms with E-state index in [0.717, 1.165) is 43.0 Å². The maximum Gasteiger partial charge on any atom is 0.275 e. The molecule has 2 aromatic carbocycles. The summed E-state index contributed by atoms with van der Waals surface area (Å²) in [6.07, 6.45) is 4.12. The van der Waals surface area contributed by atoms with Crippen molar-refractivity contribution in [1.29, 1.82) is 0 Å². The lowest BCUT2D eigenvalue weighted by molar-refractivity contribution is -0.134. The summed E-state index contributed by atoms with van der Waals surface area (Å²) in [6.45, 7) is -0.365. The Morgan fingerprint density at radius 1 is 1.06 bits per heavy atom. The number of anilines is 1. The van der Waals surface area contributed by atoms with Gasteiger partial charge in [0.25, 0.3) is 5.91 Å². The van der Waals surface area contributed by atoms with Crippen LogP contribution in [-0.2, 0) is 16.2 Å². The van der Waals surface area contributed by atoms with Crippen molar-refractivity contribution in [3.63, 3.8) is 0 Å². The van der Waals surface area contributed by atoms with Crippen LogP contribution < -0.4 is 5.32 Å². The minimum Gasteiger partial charge on any atom is -0.392 e. The number of nitrogens with one attached hydrogen (secondary N) is 1. The lowest BCUT2D eigenvalue weighted by Gasteiger charge is -2.38. The highest BCUT2D eigenvalue weighted by atomic mass is 19.1. The Bertz CT molecular complexity index is 1010. The van der Waals surface area contributed by atoms with Gasteiger partial charge in [-0.1, -0.05) is 30.7 Å². The number of benzene rings is 2. The lowest BCUT2D eigenvalue weighted by Crippen LogP contribution is -2.51. The Labute approximate surface area is 178 Å². The van der Waals surface area contributed by atoms with Crippen LogP contribution in [0.5, 0.6) is 0 Å². The first-order valence-electron chi connectivity index (χ1n) is 10.3. The molecule has 0 radical (unpaired) electrons. The van der Waals surface area contributed by atoms with E-state index in [0.29, 0.717) is 18.4 Å². The van der Waals surface area contributed by atoms with Gasteiger partial charge in [-0.3, -0.25) is 14.6 Å². The third-order valence-electron chi connectivity index (χ3n) is 5.78. The van der Waals surface area contributed by atoms with Crippen LogP contribution in [0.15, 0.2) is 47.5 Å². The third kappa shape index (κ3) is 4.34. The SMILES string of the molecule is O=C(CN1C(=O)C(c2ccc(CO)cc2)=NC12CCCCC2)Nc1cc(F)cc(F)c1. The second kappa shape index (κ2) is 8.55. The molecule has 8 heteroatoms. The van der Waals surface area contributed by atoms with Gasteiger partial charge in [0, 0.05) is 17.3 Å². The molecule has 162 valence electrons. The first kappa shape index (κ1) is 21.1. The Morgan fingerprint density at radius 3 is 2.32 bits per heavy atom. The highest BCUT2D eigenvalue weighted by Gasteiger charge is 2.48. The highest BCUT2D eigenvalue weighted by molar-refractivity contribution is 6.47. The Hall–Kier alpha value is -3.13. The average molecular weight is 427 g/mol. The van der Waals surface area contributed by atoms with Crippen molar-refractivity contribution < 1.29 is 23.5 Å². The first-order chi connectivity index (χ1) is 14.9. The van der Waals surface area contributed by atoms with Gasteiger partial charge in [-0.25, -0.2) is 8.78 Å². The molecule has 0 unspecified atom stereocenters. The number of aliphatic imine (C=N–C) groups is 1. The van der Waals surface area contributed by atoms with E-state index in [4.69, 9.17) is 4.99 Å². The van der Waals surface area contributed by atoms with Crippen molar-refractivity contribution >= 4 is 23.2 Å². The molecule has 1 saturated carbocycles. The number of halogens is 2. The summed E-state index contributed by atoms with van der Waals surface area (Å²) in [5.74, 6) is -2.49. The van der Waals surface area contributed by atoms with E-state index in [-0.39, 0.29) is 30.5 Å². The standard InChI is InChI=1S/C23H23F2N3O3/c24-17-10-18(25)12-19(11-17)26-20(30)13-28-22(31)21(16-6-4-15(14-29)5-7-16)27-23(28)8-2-1-3-9-23/h4-7,10-12,29H,1-3,8-9,13-14H2,(H,26,30). The van der Waals surface area contributed by atoms with Crippen LogP contribution in [0, 0.1) is 11.6 Å². The third-order valence-corrected chi connectivity index (χ3v) is 5.78. The van der Waals surface area contributed by atoms with E-state index < -0.39 is 23.2 Å². The van der Waals surface area contributed by atoms with Crippen molar-refractivity contribution in [1.82, 2.24) is 4.90 Å². The van der Waals surface area contributed by atoms with Gasteiger partial charge in [0.1, 0.15) is 29.6 Å². The summed E-state index contributed by atoms with van der Waals surface area (Å²) in [5, 5.41) is 11.7. The summed E-state index contributed by atoms with van der Waals surface area (Å²) >= 11 is 0. The summed E-state index contributed by atoms with van der Waals surface area (Å²) in [6, 6.07) is 9.69. The Balaban J connectivity index is 1.58. The van der Waals surface area contributed by atoms with Gasteiger partial charge in [-0.05, 0) is 43.4 Å². The molecule has 0 atom stereocenters. The van der Waals surface area contributed by atoms with Crippen LogP contribution >= 0.6 is 0 Å². The largest absolute Gasteiger partial charge is 0.392 e. The number of aliphatic hydroxyl groups is 1. The lowest BCUT2D eigenvalue weighted by atomic mass is 9.88. The summed E-state index contributed by atoms with van der Waals surface area (Å²) in [7, 11) is 0. The van der Waals surface area contributed by atoms with Crippen molar-refractivity contribution in [2.45, 2.75) is 44.4 Å². The van der Waals surface area contributed by atoms with E-state index >= 15 is 0 Å². The fraction of sp³-hybridized carbons (Fsp3) is 0.348. The maximum atomic E-state index is 13.4. The van der Waals surface area contributed by atoms with Crippen LogP contribution in [-0.4, -0.2) is 39.7 Å². The van der Waals surface area contributed by atoms with Gasteiger partial charge >= 0.3 is 0 Å². The van der Waals surface area contributed by atoms with Gasteiger partial charge in [0.15, 0.2) is 0 Å². The second-order valence-corrected chi connectivity index (χ2v) is 7.96. The average Bonchev–Trinajstić information content (AvgIpc) is 2.99. The van der Waals surface area contributed by atoms with Crippen molar-refractivity contribution in [3.8, 4) is 0 Å². The van der Waals surface area contributed by atoms with E-state index in [2.05, 4.69) is 5.32 Å². The zero-order chi connectivity index (χ0) is 22.0. The fourth-order valence-electron chi connectivity index (χ4n) is 4.28. The molecule has 1 fully saturated rings. The number of carbonyl (C=O) groups is 2. The molecule has 1 heterocycles. The minimum absolute atomic E-state index is 0.00688. The van der Waals surface area contributed by atoms with Gasteiger partial charge in [0.05, 0.1) is 6.61 Å². The van der Waals surface area contributed by atoms with Gasteiger partial charge in [-0.15, -0.1) is 0 Å². The maximum absolute atomic E-state index is 13.4. The van der Waals surface area contributed by atoms with Crippen LogP contribution in [0.25, 0.3) is 0 Å². The molecule has 4 rings (SSSR count). The second-order valence-electron chi connectivity index (χ2n) is 7.96. The van der Waals surface area contributed by atoms with E-state index in [1.165, 1.54) is 4.90 Å². The minimum atomic E-state index is -0.798. The first-order valence-corrected chi connectivity index (χ1v) is 10.3. The smallest absolute Gasteiger partial charge is 0.275 e. The molecule has 2 aromatic rings. The van der Waals surface area contributed by atoms with E-state index in [9.17, 15) is 23.5 Å². The van der Waals surface area contributed by atoms with Crippen molar-refractivity contribution in [3.05, 3.63) is 65.2 Å². The molecule has 1 aliphatic heterocycles. The highest BCUT2D eigenvalue weighted by Crippen LogP contribution is 2.39. The summed E-state index contributed by atoms with van der Waals surface area (Å²) in [4.78, 5) is 32.2. The number of rotatable bonds is 5. The summed E-state index contributed by atoms with van der Waals surface area (Å²) < 4.78 is 26.9. The monoisotopic (exact) mass is 427 g/mol. The molecule has 0 bridgehead atoms.